The molecule has 0 saturated carbocycles. The molecule has 1 aromatic carbocycles. The third-order valence-electron chi connectivity index (χ3n) is 1.78. The minimum absolute atomic E-state index is 1.09. The summed E-state index contributed by atoms with van der Waals surface area (Å²) in [5.41, 5.74) is 0. The summed E-state index contributed by atoms with van der Waals surface area (Å²) in [6.07, 6.45) is 2.11. The van der Waals surface area contributed by atoms with E-state index in [1.54, 1.807) is 23.1 Å². The Morgan fingerprint density at radius 3 is 2.85 bits per heavy atom. The van der Waals surface area contributed by atoms with Gasteiger partial charge >= 0.3 is 0 Å². The molecule has 0 N–H and O–H groups in total. The zero-order valence-corrected chi connectivity index (χ0v) is 11.6. The quantitative estimate of drug-likeness (QED) is 0.453. The zero-order chi connectivity index (χ0) is 9.42. The molecule has 0 aliphatic rings. The monoisotopic (exact) mass is 338 g/mol. The fourth-order valence-electron chi connectivity index (χ4n) is 1.18. The van der Waals surface area contributed by atoms with E-state index in [1.165, 1.54) is 18.6 Å². The van der Waals surface area contributed by atoms with Crippen LogP contribution in [-0.4, -0.2) is 6.26 Å². The third-order valence-corrected chi connectivity index (χ3v) is 5.12. The van der Waals surface area contributed by atoms with Gasteiger partial charge in [0.25, 0.3) is 0 Å². The molecule has 0 aliphatic carbocycles. The van der Waals surface area contributed by atoms with Crippen molar-refractivity contribution in [2.45, 2.75) is 9.10 Å². The van der Waals surface area contributed by atoms with Crippen molar-refractivity contribution in [3.8, 4) is 0 Å². The van der Waals surface area contributed by atoms with Crippen LogP contribution >= 0.6 is 58.3 Å². The van der Waals surface area contributed by atoms with Gasteiger partial charge in [-0.05, 0) is 52.4 Å². The molecule has 0 bridgehead atoms. The molecule has 0 aliphatic heterocycles. The van der Waals surface area contributed by atoms with E-state index < -0.39 is 0 Å². The highest BCUT2D eigenvalue weighted by molar-refractivity contribution is 14.1. The molecule has 4 heteroatoms. The van der Waals surface area contributed by atoms with Crippen molar-refractivity contribution in [1.82, 2.24) is 0 Å². The maximum absolute atomic E-state index is 4.35. The van der Waals surface area contributed by atoms with Gasteiger partial charge < -0.3 is 0 Å². The van der Waals surface area contributed by atoms with E-state index >= 15 is 0 Å². The highest BCUT2D eigenvalue weighted by Gasteiger charge is 2.04. The largest absolute Gasteiger partial charge is 0.133 e. The van der Waals surface area contributed by atoms with Gasteiger partial charge in [0.15, 0.2) is 0 Å². The topological polar surface area (TPSA) is 0 Å². The fraction of sp³-hybridized carbons (Fsp3) is 0.111. The molecular formula is C9H7IS3. The molecule has 0 radical (unpaired) electrons. The molecule has 0 spiro atoms. The number of rotatable bonds is 1. The van der Waals surface area contributed by atoms with Crippen molar-refractivity contribution in [2.75, 3.05) is 6.26 Å². The summed E-state index contributed by atoms with van der Waals surface area (Å²) in [4.78, 5) is 1.35. The Morgan fingerprint density at radius 1 is 1.38 bits per heavy atom. The number of thiol groups is 1. The number of thioether (sulfide) groups is 1. The predicted molar refractivity (Wildman–Crippen MR) is 73.6 cm³/mol. The molecule has 0 nitrogen and oxygen atoms in total. The van der Waals surface area contributed by atoms with E-state index in [-0.39, 0.29) is 0 Å². The highest BCUT2D eigenvalue weighted by Crippen LogP contribution is 2.33. The zero-order valence-electron chi connectivity index (χ0n) is 6.87. The van der Waals surface area contributed by atoms with E-state index in [2.05, 4.69) is 59.7 Å². The summed E-state index contributed by atoms with van der Waals surface area (Å²) >= 11 is 10.3. The first kappa shape index (κ1) is 10.1. The van der Waals surface area contributed by atoms with Gasteiger partial charge in [0.05, 0.1) is 4.21 Å². The first-order valence-corrected chi connectivity index (χ1v) is 7.23. The molecule has 1 heterocycles. The SMILES string of the molecule is CSc1cc2sc(S)cc2cc1I. The van der Waals surface area contributed by atoms with Crippen molar-refractivity contribution >= 4 is 68.4 Å². The number of fused-ring (bicyclic) bond motifs is 1. The van der Waals surface area contributed by atoms with Gasteiger partial charge in [-0.25, -0.2) is 0 Å². The highest BCUT2D eigenvalue weighted by atomic mass is 127. The first-order chi connectivity index (χ1) is 6.20. The lowest BCUT2D eigenvalue weighted by atomic mass is 10.3. The van der Waals surface area contributed by atoms with Crippen LogP contribution in [-0.2, 0) is 0 Å². The summed E-state index contributed by atoms with van der Waals surface area (Å²) in [7, 11) is 0. The summed E-state index contributed by atoms with van der Waals surface area (Å²) < 4.78 is 3.74. The van der Waals surface area contributed by atoms with Crippen LogP contribution in [0.25, 0.3) is 10.1 Å². The second-order valence-corrected chi connectivity index (χ2v) is 6.49. The smallest absolute Gasteiger partial charge is 0.0580 e. The Labute approximate surface area is 105 Å². The van der Waals surface area contributed by atoms with Crippen molar-refractivity contribution in [2.24, 2.45) is 0 Å². The second kappa shape index (κ2) is 4.00. The maximum atomic E-state index is 4.35. The Bertz CT molecular complexity index is 447. The molecular weight excluding hydrogens is 331 g/mol. The molecule has 0 saturated heterocycles. The minimum Gasteiger partial charge on any atom is -0.133 e. The third kappa shape index (κ3) is 2.00. The molecule has 0 amide bonds. The molecule has 68 valence electrons. The van der Waals surface area contributed by atoms with Gasteiger partial charge in [-0.3, -0.25) is 0 Å². The summed E-state index contributed by atoms with van der Waals surface area (Å²) in [5, 5.41) is 1.30. The predicted octanol–water partition coefficient (Wildman–Crippen LogP) is 4.52. The maximum Gasteiger partial charge on any atom is 0.0580 e. The van der Waals surface area contributed by atoms with Crippen LogP contribution in [0.1, 0.15) is 0 Å². The van der Waals surface area contributed by atoms with E-state index in [9.17, 15) is 0 Å². The molecule has 2 aromatic rings. The first-order valence-electron chi connectivity index (χ1n) is 3.67. The van der Waals surface area contributed by atoms with Crippen LogP contribution in [0.5, 0.6) is 0 Å². The van der Waals surface area contributed by atoms with E-state index in [0.717, 1.165) is 4.21 Å². The Morgan fingerprint density at radius 2 is 2.15 bits per heavy atom. The van der Waals surface area contributed by atoms with Crippen LogP contribution in [0.3, 0.4) is 0 Å². The normalized spacial score (nSPS) is 11.0. The van der Waals surface area contributed by atoms with Gasteiger partial charge in [0.2, 0.25) is 0 Å². The Hall–Kier alpha value is 0.610. The Balaban J connectivity index is 2.72. The summed E-state index contributed by atoms with van der Waals surface area (Å²) in [6.45, 7) is 0. The Kier molecular flexibility index (Phi) is 3.12. The van der Waals surface area contributed by atoms with Crippen LogP contribution in [0.15, 0.2) is 27.3 Å². The fourth-order valence-corrected chi connectivity index (χ4v) is 4.16. The van der Waals surface area contributed by atoms with Crippen molar-refractivity contribution < 1.29 is 0 Å². The van der Waals surface area contributed by atoms with Crippen molar-refractivity contribution in [1.29, 1.82) is 0 Å². The lowest BCUT2D eigenvalue weighted by molar-refractivity contribution is 1.46. The van der Waals surface area contributed by atoms with Crippen LogP contribution in [0.4, 0.5) is 0 Å². The number of halogens is 1. The molecule has 0 unspecified atom stereocenters. The average molecular weight is 338 g/mol. The van der Waals surface area contributed by atoms with Gasteiger partial charge in [0.1, 0.15) is 0 Å². The van der Waals surface area contributed by atoms with Gasteiger partial charge in [-0.1, -0.05) is 0 Å². The van der Waals surface area contributed by atoms with Gasteiger partial charge in [0, 0.05) is 13.2 Å². The number of hydrogen-bond donors (Lipinski definition) is 1. The minimum atomic E-state index is 1.09. The number of benzene rings is 1. The lowest BCUT2D eigenvalue weighted by Gasteiger charge is -1.99. The summed E-state index contributed by atoms with van der Waals surface area (Å²) in [6, 6.07) is 6.58. The van der Waals surface area contributed by atoms with E-state index in [4.69, 9.17) is 0 Å². The molecule has 13 heavy (non-hydrogen) atoms. The van der Waals surface area contributed by atoms with Crippen LogP contribution in [0.2, 0.25) is 0 Å². The van der Waals surface area contributed by atoms with Crippen molar-refractivity contribution in [3.63, 3.8) is 0 Å². The van der Waals surface area contributed by atoms with Crippen LogP contribution < -0.4 is 0 Å². The molecule has 1 aromatic heterocycles. The van der Waals surface area contributed by atoms with E-state index in [1.807, 2.05) is 0 Å². The molecule has 0 atom stereocenters. The van der Waals surface area contributed by atoms with Gasteiger partial charge in [-0.2, -0.15) is 0 Å². The molecule has 2 rings (SSSR count). The molecule has 0 fully saturated rings. The average Bonchev–Trinajstić information content (AvgIpc) is 2.42. The lowest BCUT2D eigenvalue weighted by Crippen LogP contribution is -1.76. The summed E-state index contributed by atoms with van der Waals surface area (Å²) in [5.74, 6) is 0. The van der Waals surface area contributed by atoms with Gasteiger partial charge in [-0.15, -0.1) is 35.7 Å². The van der Waals surface area contributed by atoms with E-state index in [0.29, 0.717) is 0 Å². The standard InChI is InChI=1S/C9H7IS3/c1-12-8-4-7-5(2-6(8)10)3-9(11)13-7/h2-4,11H,1H3. The number of hydrogen-bond acceptors (Lipinski definition) is 3. The number of thiophene rings is 1. The van der Waals surface area contributed by atoms with Crippen molar-refractivity contribution in [3.05, 3.63) is 21.8 Å². The second-order valence-electron chi connectivity index (χ2n) is 2.61. The van der Waals surface area contributed by atoms with Crippen LogP contribution in [0, 0.1) is 3.57 Å².